The van der Waals surface area contributed by atoms with Crippen LogP contribution in [0.1, 0.15) is 45.7 Å². The zero-order valence-corrected chi connectivity index (χ0v) is 11.6. The van der Waals surface area contributed by atoms with Gasteiger partial charge in [-0.15, -0.1) is 0 Å². The number of carbonyl (C=O) groups is 2. The minimum atomic E-state index is -1.09. The Morgan fingerprint density at radius 2 is 1.75 bits per heavy atom. The molecule has 0 spiro atoms. The van der Waals surface area contributed by atoms with Crippen molar-refractivity contribution in [2.45, 2.75) is 25.6 Å². The Balaban J connectivity index is 3.25. The number of aliphatic hydroxyl groups is 2. The standard InChI is InChI=1S/C14H18O6/c1-8(15)6-12(16)11-7-9(13(17)19-2)4-5-10(11)14(18)20-3/h4-5,7-8,12,15-16H,6H2,1-3H3. The molecule has 2 atom stereocenters. The SMILES string of the molecule is COC(=O)c1ccc(C(=O)OC)c(C(O)CC(C)O)c1. The topological polar surface area (TPSA) is 93.1 Å². The molecule has 1 aromatic rings. The van der Waals surface area contributed by atoms with Crippen LogP contribution in [-0.4, -0.2) is 42.5 Å². The monoisotopic (exact) mass is 282 g/mol. The Morgan fingerprint density at radius 3 is 2.25 bits per heavy atom. The number of rotatable bonds is 5. The first-order valence-electron chi connectivity index (χ1n) is 6.07. The van der Waals surface area contributed by atoms with E-state index in [1.165, 1.54) is 39.3 Å². The fourth-order valence-electron chi connectivity index (χ4n) is 1.83. The van der Waals surface area contributed by atoms with Crippen LogP contribution in [-0.2, 0) is 9.47 Å². The lowest BCUT2D eigenvalue weighted by atomic mass is 9.96. The van der Waals surface area contributed by atoms with Gasteiger partial charge in [-0.1, -0.05) is 0 Å². The molecule has 0 aliphatic rings. The van der Waals surface area contributed by atoms with Gasteiger partial charge < -0.3 is 19.7 Å². The van der Waals surface area contributed by atoms with E-state index in [0.29, 0.717) is 0 Å². The molecule has 0 heterocycles. The molecule has 6 nitrogen and oxygen atoms in total. The van der Waals surface area contributed by atoms with Crippen molar-refractivity contribution in [2.24, 2.45) is 0 Å². The van der Waals surface area contributed by atoms with Crippen molar-refractivity contribution in [1.29, 1.82) is 0 Å². The van der Waals surface area contributed by atoms with Gasteiger partial charge in [0.05, 0.1) is 37.6 Å². The highest BCUT2D eigenvalue weighted by Crippen LogP contribution is 2.25. The molecule has 0 aliphatic heterocycles. The molecule has 0 bridgehead atoms. The van der Waals surface area contributed by atoms with Gasteiger partial charge in [-0.05, 0) is 30.7 Å². The van der Waals surface area contributed by atoms with E-state index in [0.717, 1.165) is 0 Å². The second-order valence-electron chi connectivity index (χ2n) is 4.39. The van der Waals surface area contributed by atoms with Crippen molar-refractivity contribution in [3.05, 3.63) is 34.9 Å². The summed E-state index contributed by atoms with van der Waals surface area (Å²) in [6, 6.07) is 4.17. The minimum Gasteiger partial charge on any atom is -0.465 e. The van der Waals surface area contributed by atoms with Crippen molar-refractivity contribution in [3.63, 3.8) is 0 Å². The van der Waals surface area contributed by atoms with Gasteiger partial charge in [0.2, 0.25) is 0 Å². The average molecular weight is 282 g/mol. The molecule has 0 aromatic heterocycles. The summed E-state index contributed by atoms with van der Waals surface area (Å²) in [5.74, 6) is -1.20. The van der Waals surface area contributed by atoms with Crippen molar-refractivity contribution in [1.82, 2.24) is 0 Å². The van der Waals surface area contributed by atoms with Crippen molar-refractivity contribution in [3.8, 4) is 0 Å². The van der Waals surface area contributed by atoms with Crippen LogP contribution in [0.4, 0.5) is 0 Å². The van der Waals surface area contributed by atoms with Crippen LogP contribution in [0, 0.1) is 0 Å². The molecule has 2 unspecified atom stereocenters. The maximum Gasteiger partial charge on any atom is 0.338 e. The van der Waals surface area contributed by atoms with Gasteiger partial charge in [0.25, 0.3) is 0 Å². The number of esters is 2. The lowest BCUT2D eigenvalue weighted by Crippen LogP contribution is -2.15. The minimum absolute atomic E-state index is 0.0363. The average Bonchev–Trinajstić information content (AvgIpc) is 2.44. The summed E-state index contributed by atoms with van der Waals surface area (Å²) in [5, 5.41) is 19.4. The molecule has 110 valence electrons. The largest absolute Gasteiger partial charge is 0.465 e. The highest BCUT2D eigenvalue weighted by atomic mass is 16.5. The molecule has 6 heteroatoms. The molecule has 0 saturated heterocycles. The number of hydrogen-bond donors (Lipinski definition) is 2. The molecule has 0 radical (unpaired) electrons. The quantitative estimate of drug-likeness (QED) is 0.784. The van der Waals surface area contributed by atoms with E-state index in [1.807, 2.05) is 0 Å². The maximum atomic E-state index is 11.7. The summed E-state index contributed by atoms with van der Waals surface area (Å²) in [6.07, 6.45) is -1.81. The summed E-state index contributed by atoms with van der Waals surface area (Å²) in [6.45, 7) is 1.52. The van der Waals surface area contributed by atoms with E-state index < -0.39 is 24.1 Å². The highest BCUT2D eigenvalue weighted by Gasteiger charge is 2.21. The van der Waals surface area contributed by atoms with E-state index >= 15 is 0 Å². The van der Waals surface area contributed by atoms with Crippen molar-refractivity contribution < 1.29 is 29.3 Å². The van der Waals surface area contributed by atoms with Gasteiger partial charge >= 0.3 is 11.9 Å². The third kappa shape index (κ3) is 3.79. The molecule has 0 saturated carbocycles. The summed E-state index contributed by atoms with van der Waals surface area (Å²) in [4.78, 5) is 23.2. The van der Waals surface area contributed by atoms with Gasteiger partial charge in [0.1, 0.15) is 0 Å². The molecular formula is C14H18O6. The predicted octanol–water partition coefficient (Wildman–Crippen LogP) is 1.06. The second-order valence-corrected chi connectivity index (χ2v) is 4.39. The van der Waals surface area contributed by atoms with Crippen LogP contribution in [0.5, 0.6) is 0 Å². The highest BCUT2D eigenvalue weighted by molar-refractivity contribution is 5.94. The Hall–Kier alpha value is -1.92. The summed E-state index contributed by atoms with van der Waals surface area (Å²) in [5.41, 5.74) is 0.578. The predicted molar refractivity (Wildman–Crippen MR) is 70.4 cm³/mol. The molecule has 0 amide bonds. The second kappa shape index (κ2) is 7.02. The Labute approximate surface area is 116 Å². The first-order chi connectivity index (χ1) is 9.40. The van der Waals surface area contributed by atoms with Crippen molar-refractivity contribution >= 4 is 11.9 Å². The molecular weight excluding hydrogens is 264 g/mol. The Morgan fingerprint density at radius 1 is 1.15 bits per heavy atom. The molecule has 2 N–H and O–H groups in total. The first kappa shape index (κ1) is 16.1. The van der Waals surface area contributed by atoms with Crippen LogP contribution in [0.25, 0.3) is 0 Å². The molecule has 0 fully saturated rings. The van der Waals surface area contributed by atoms with Crippen LogP contribution in [0.15, 0.2) is 18.2 Å². The third-order valence-corrected chi connectivity index (χ3v) is 2.80. The van der Waals surface area contributed by atoms with E-state index in [-0.39, 0.29) is 23.1 Å². The number of aliphatic hydroxyl groups excluding tert-OH is 2. The van der Waals surface area contributed by atoms with E-state index in [1.54, 1.807) is 0 Å². The van der Waals surface area contributed by atoms with E-state index in [2.05, 4.69) is 9.47 Å². The fourth-order valence-corrected chi connectivity index (χ4v) is 1.83. The number of hydrogen-bond acceptors (Lipinski definition) is 6. The van der Waals surface area contributed by atoms with Gasteiger partial charge in [0.15, 0.2) is 0 Å². The number of carbonyl (C=O) groups excluding carboxylic acids is 2. The maximum absolute atomic E-state index is 11.7. The van der Waals surface area contributed by atoms with Crippen LogP contribution in [0.2, 0.25) is 0 Å². The first-order valence-corrected chi connectivity index (χ1v) is 6.07. The van der Waals surface area contributed by atoms with Gasteiger partial charge in [-0.2, -0.15) is 0 Å². The van der Waals surface area contributed by atoms with Crippen LogP contribution in [0.3, 0.4) is 0 Å². The molecule has 20 heavy (non-hydrogen) atoms. The van der Waals surface area contributed by atoms with E-state index in [4.69, 9.17) is 0 Å². The molecule has 0 aliphatic carbocycles. The summed E-state index contributed by atoms with van der Waals surface area (Å²) in [7, 11) is 2.46. The van der Waals surface area contributed by atoms with E-state index in [9.17, 15) is 19.8 Å². The van der Waals surface area contributed by atoms with Crippen molar-refractivity contribution in [2.75, 3.05) is 14.2 Å². The Bertz CT molecular complexity index is 494. The van der Waals surface area contributed by atoms with Gasteiger partial charge in [0, 0.05) is 6.42 Å². The molecule has 1 rings (SSSR count). The normalized spacial score (nSPS) is 13.4. The zero-order chi connectivity index (χ0) is 15.3. The summed E-state index contributed by atoms with van der Waals surface area (Å²) < 4.78 is 9.22. The number of ether oxygens (including phenoxy) is 2. The van der Waals surface area contributed by atoms with Gasteiger partial charge in [-0.25, -0.2) is 9.59 Å². The lowest BCUT2D eigenvalue weighted by Gasteiger charge is -2.16. The number of methoxy groups -OCH3 is 2. The Kier molecular flexibility index (Phi) is 5.66. The van der Waals surface area contributed by atoms with Crippen LogP contribution < -0.4 is 0 Å². The number of benzene rings is 1. The van der Waals surface area contributed by atoms with Crippen LogP contribution >= 0.6 is 0 Å². The zero-order valence-electron chi connectivity index (χ0n) is 11.6. The smallest absolute Gasteiger partial charge is 0.338 e. The molecule has 1 aromatic carbocycles. The fraction of sp³-hybridized carbons (Fsp3) is 0.429. The lowest BCUT2D eigenvalue weighted by molar-refractivity contribution is 0.0571. The third-order valence-electron chi connectivity index (χ3n) is 2.80. The van der Waals surface area contributed by atoms with Gasteiger partial charge in [-0.3, -0.25) is 0 Å². The summed E-state index contributed by atoms with van der Waals surface area (Å²) >= 11 is 0.